The number of carbonyl (C=O) groups excluding carboxylic acids is 3. The van der Waals surface area contributed by atoms with Gasteiger partial charge in [-0.05, 0) is 50.1 Å². The molecule has 16 heteroatoms. The number of aliphatic hydroxyl groups is 1. The second kappa shape index (κ2) is 16.3. The van der Waals surface area contributed by atoms with E-state index in [-0.39, 0.29) is 29.3 Å². The van der Waals surface area contributed by atoms with Crippen LogP contribution in [0, 0.1) is 16.0 Å². The van der Waals surface area contributed by atoms with Crippen LogP contribution >= 0.6 is 11.6 Å². The maximum atomic E-state index is 14.0. The summed E-state index contributed by atoms with van der Waals surface area (Å²) < 4.78 is 28.8. The number of halogens is 1. The summed E-state index contributed by atoms with van der Waals surface area (Å²) in [5.41, 5.74) is -1.15. The van der Waals surface area contributed by atoms with Crippen molar-refractivity contribution < 1.29 is 48.1 Å². The van der Waals surface area contributed by atoms with Gasteiger partial charge in [0, 0.05) is 45.2 Å². The topological polar surface area (TPSA) is 191 Å². The van der Waals surface area contributed by atoms with Crippen LogP contribution in [0.15, 0.2) is 72.1 Å². The number of methoxy groups -OCH3 is 2. The summed E-state index contributed by atoms with van der Waals surface area (Å²) in [7, 11) is 4.42. The van der Waals surface area contributed by atoms with E-state index in [0.717, 1.165) is 11.1 Å². The summed E-state index contributed by atoms with van der Waals surface area (Å²) in [4.78, 5) is 51.9. The minimum atomic E-state index is -1.85. The van der Waals surface area contributed by atoms with Crippen LogP contribution in [0.3, 0.4) is 0 Å². The number of hydrogen-bond donors (Lipinski definition) is 3. The lowest BCUT2D eigenvalue weighted by molar-refractivity contribution is -0.424. The number of epoxide rings is 1. The second-order valence-corrected chi connectivity index (χ2v) is 13.6. The predicted molar refractivity (Wildman–Crippen MR) is 191 cm³/mol. The van der Waals surface area contributed by atoms with E-state index >= 15 is 0 Å². The van der Waals surface area contributed by atoms with Crippen molar-refractivity contribution in [2.75, 3.05) is 26.2 Å². The number of allylic oxidation sites excluding steroid dienone is 7. The lowest BCUT2D eigenvalue weighted by atomic mass is 9.83. The first-order chi connectivity index (χ1) is 24.5. The van der Waals surface area contributed by atoms with Crippen LogP contribution in [-0.2, 0) is 30.2 Å². The highest BCUT2D eigenvalue weighted by atomic mass is 35.5. The molecule has 3 aliphatic heterocycles. The van der Waals surface area contributed by atoms with E-state index < -0.39 is 64.7 Å². The lowest BCUT2D eigenvalue weighted by Crippen LogP contribution is -2.63. The molecule has 0 saturated carbocycles. The van der Waals surface area contributed by atoms with Crippen LogP contribution in [0.25, 0.3) is 0 Å². The standard InChI is InChI=1S/C36H45ClN4O11/c1-9-24(14-13-21(3)41(46)47)38-33(43)51-29-18-30(42)40(6)25-16-23(17-26(48-7)31(25)37)15-20(2)11-10-12-28(49-8)36(45)19-27(50-34(44)39-36)22(4)32-35(29,5)52-32/h9-14,16-17,22,27-29,32,45H,1,15,18-19H2,2-8H3,(H,38,43)(H,39,44)/b12-10+,20-11+,21-13+,24-14+/t22-,27+,28-,29+,32+,35+,36+/m1/s1. The molecule has 2 saturated heterocycles. The van der Waals surface area contributed by atoms with Crippen molar-refractivity contribution in [1.82, 2.24) is 10.6 Å². The summed E-state index contributed by atoms with van der Waals surface area (Å²) in [5, 5.41) is 27.9. The van der Waals surface area contributed by atoms with Crippen LogP contribution in [0.5, 0.6) is 5.75 Å². The van der Waals surface area contributed by atoms with Gasteiger partial charge in [0.2, 0.25) is 11.6 Å². The average molecular weight is 745 g/mol. The summed E-state index contributed by atoms with van der Waals surface area (Å²) in [5.74, 6) is -0.703. The number of nitrogens with zero attached hydrogens (tertiary/aromatic N) is 2. The molecule has 1 aromatic rings. The first-order valence-corrected chi connectivity index (χ1v) is 16.9. The molecule has 0 aromatic heterocycles. The highest BCUT2D eigenvalue weighted by Crippen LogP contribution is 2.49. The first kappa shape index (κ1) is 40.1. The van der Waals surface area contributed by atoms with Crippen molar-refractivity contribution in [3.8, 4) is 5.75 Å². The number of hydrogen-bond acceptors (Lipinski definition) is 11. The van der Waals surface area contributed by atoms with Crippen LogP contribution in [0.1, 0.15) is 46.1 Å². The lowest BCUT2D eigenvalue weighted by Gasteiger charge is -2.42. The number of amides is 3. The van der Waals surface area contributed by atoms with Crippen molar-refractivity contribution in [2.24, 2.45) is 5.92 Å². The molecule has 4 rings (SSSR count). The van der Waals surface area contributed by atoms with Gasteiger partial charge in [0.25, 0.3) is 0 Å². The van der Waals surface area contributed by atoms with Gasteiger partial charge in [0.1, 0.15) is 34.7 Å². The maximum Gasteiger partial charge on any atom is 0.412 e. The number of alkyl carbamates (subject to hydrolysis) is 2. The Kier molecular flexibility index (Phi) is 12.6. The van der Waals surface area contributed by atoms with Gasteiger partial charge in [-0.15, -0.1) is 0 Å². The van der Waals surface area contributed by atoms with E-state index in [1.165, 1.54) is 51.3 Å². The summed E-state index contributed by atoms with van der Waals surface area (Å²) in [6, 6.07) is 3.53. The van der Waals surface area contributed by atoms with E-state index in [0.29, 0.717) is 17.9 Å². The summed E-state index contributed by atoms with van der Waals surface area (Å²) in [6.45, 7) is 10.2. The zero-order chi connectivity index (χ0) is 38.5. The maximum absolute atomic E-state index is 14.0. The average Bonchev–Trinajstić information content (AvgIpc) is 3.79. The molecule has 3 aliphatic rings. The monoisotopic (exact) mass is 744 g/mol. The van der Waals surface area contributed by atoms with E-state index in [9.17, 15) is 29.6 Å². The molecule has 2 fully saturated rings. The molecule has 7 atom stereocenters. The van der Waals surface area contributed by atoms with Gasteiger partial charge >= 0.3 is 12.2 Å². The SMILES string of the molecule is C=C/C(=C\C=C(/C)[N+](=O)[O-])NC(=O)O[C@H]1CC(=O)N(C)c2cc(cc(OC)c2Cl)C/C(C)=C/C=C/[C@@H](OC)[C@@]2(O)C[C@H](OC(=O)N2)[C@@H](C)[C@@H]2O[C@@]12C. The van der Waals surface area contributed by atoms with Crippen molar-refractivity contribution in [1.29, 1.82) is 0 Å². The molecule has 3 amide bonds. The van der Waals surface area contributed by atoms with Gasteiger partial charge in [0.05, 0.1) is 30.2 Å². The molecule has 52 heavy (non-hydrogen) atoms. The molecule has 1 aromatic carbocycles. The van der Waals surface area contributed by atoms with Crippen LogP contribution < -0.4 is 20.3 Å². The first-order valence-electron chi connectivity index (χ1n) is 16.5. The van der Waals surface area contributed by atoms with E-state index in [4.69, 9.17) is 35.3 Å². The zero-order valence-corrected chi connectivity index (χ0v) is 30.9. The van der Waals surface area contributed by atoms with Crippen molar-refractivity contribution in [3.05, 3.63) is 92.8 Å². The number of nitrogens with one attached hydrogen (secondary N) is 2. The molecule has 15 nitrogen and oxygen atoms in total. The molecular weight excluding hydrogens is 700 g/mol. The Bertz CT molecular complexity index is 1730. The molecule has 3 heterocycles. The summed E-state index contributed by atoms with van der Waals surface area (Å²) >= 11 is 6.71. The second-order valence-electron chi connectivity index (χ2n) is 13.2. The summed E-state index contributed by atoms with van der Waals surface area (Å²) in [6.07, 6.45) is 3.32. The third-order valence-corrected chi connectivity index (χ3v) is 9.84. The number of ether oxygens (including phenoxy) is 5. The smallest absolute Gasteiger partial charge is 0.412 e. The van der Waals surface area contributed by atoms with Crippen molar-refractivity contribution in [3.63, 3.8) is 0 Å². The van der Waals surface area contributed by atoms with Crippen LogP contribution in [0.4, 0.5) is 15.3 Å². The van der Waals surface area contributed by atoms with Crippen LogP contribution in [0.2, 0.25) is 5.02 Å². The van der Waals surface area contributed by atoms with E-state index in [2.05, 4.69) is 17.2 Å². The number of carbonyl (C=O) groups is 3. The number of benzene rings is 1. The molecule has 0 spiro atoms. The third-order valence-electron chi connectivity index (χ3n) is 9.46. The predicted octanol–water partition coefficient (Wildman–Crippen LogP) is 5.10. The van der Waals surface area contributed by atoms with E-state index in [1.807, 2.05) is 13.0 Å². The Morgan fingerprint density at radius 1 is 1.29 bits per heavy atom. The Hall–Kier alpha value is -4.70. The Morgan fingerprint density at radius 3 is 2.63 bits per heavy atom. The normalized spacial score (nSPS) is 31.5. The van der Waals surface area contributed by atoms with Gasteiger partial charge in [0.15, 0.2) is 5.72 Å². The fraction of sp³-hybridized carbons (Fsp3) is 0.472. The Labute approximate surface area is 307 Å². The molecule has 0 aliphatic carbocycles. The number of fused-ring (bicyclic) bond motifs is 5. The molecule has 282 valence electrons. The van der Waals surface area contributed by atoms with Gasteiger partial charge < -0.3 is 33.7 Å². The molecule has 4 bridgehead atoms. The zero-order valence-electron chi connectivity index (χ0n) is 30.1. The molecular formula is C36H45ClN4O11. The van der Waals surface area contributed by atoms with Gasteiger partial charge in [-0.3, -0.25) is 25.5 Å². The van der Waals surface area contributed by atoms with Gasteiger partial charge in [-0.2, -0.15) is 0 Å². The Balaban J connectivity index is 1.77. The van der Waals surface area contributed by atoms with Crippen molar-refractivity contribution >= 4 is 35.4 Å². The molecule has 0 radical (unpaired) electrons. The third kappa shape index (κ3) is 9.02. The van der Waals surface area contributed by atoms with Crippen LogP contribution in [-0.4, -0.2) is 85.1 Å². The van der Waals surface area contributed by atoms with Gasteiger partial charge in [-0.25, -0.2) is 9.59 Å². The molecule has 0 unspecified atom stereocenters. The number of anilines is 1. The fourth-order valence-electron chi connectivity index (χ4n) is 6.31. The number of nitro groups is 1. The quantitative estimate of drug-likeness (QED) is 0.146. The molecule has 3 N–H and O–H groups in total. The minimum absolute atomic E-state index is 0.0796. The minimum Gasteiger partial charge on any atom is -0.495 e. The highest BCUT2D eigenvalue weighted by Gasteiger charge is 2.64. The van der Waals surface area contributed by atoms with Gasteiger partial charge in [-0.1, -0.05) is 48.9 Å². The van der Waals surface area contributed by atoms with Crippen molar-refractivity contribution in [2.45, 2.75) is 82.7 Å². The fourth-order valence-corrected chi connectivity index (χ4v) is 6.63. The Morgan fingerprint density at radius 2 is 2.00 bits per heavy atom. The largest absolute Gasteiger partial charge is 0.495 e. The highest BCUT2D eigenvalue weighted by molar-refractivity contribution is 6.35. The number of rotatable bonds is 7. The van der Waals surface area contributed by atoms with E-state index in [1.54, 1.807) is 38.1 Å².